The zero-order valence-corrected chi connectivity index (χ0v) is 11.9. The molecule has 116 valence electrons. The number of nitrogens with one attached hydrogen (secondary N) is 2. The number of carbonyl (C=O) groups excluding carboxylic acids is 1. The molecule has 2 aromatic rings. The van der Waals surface area contributed by atoms with Gasteiger partial charge in [0.1, 0.15) is 23.1 Å². The van der Waals surface area contributed by atoms with Crippen LogP contribution in [0.1, 0.15) is 5.76 Å². The van der Waals surface area contributed by atoms with Crippen molar-refractivity contribution >= 4 is 17.3 Å². The third-order valence-electron chi connectivity index (χ3n) is 2.84. The second kappa shape index (κ2) is 7.42. The Balaban J connectivity index is 2.06. The highest BCUT2D eigenvalue weighted by atomic mass is 16.6. The van der Waals surface area contributed by atoms with Gasteiger partial charge in [-0.25, -0.2) is 0 Å². The second-order valence-corrected chi connectivity index (χ2v) is 4.35. The van der Waals surface area contributed by atoms with Crippen LogP contribution in [0.5, 0.6) is 0 Å². The van der Waals surface area contributed by atoms with Gasteiger partial charge in [-0.15, -0.1) is 0 Å². The maximum absolute atomic E-state index is 11.9. The zero-order valence-electron chi connectivity index (χ0n) is 11.9. The van der Waals surface area contributed by atoms with Crippen molar-refractivity contribution in [2.75, 3.05) is 5.32 Å². The molecule has 2 rings (SSSR count). The van der Waals surface area contributed by atoms with Gasteiger partial charge in [0.15, 0.2) is 0 Å². The number of amides is 1. The molecule has 0 saturated heterocycles. The van der Waals surface area contributed by atoms with Gasteiger partial charge in [-0.3, -0.25) is 14.9 Å². The number of nitrogens with zero attached hydrogens (tertiary/aromatic N) is 2. The Morgan fingerprint density at radius 2 is 2.13 bits per heavy atom. The lowest BCUT2D eigenvalue weighted by Gasteiger charge is -2.04. The Hall–Kier alpha value is -3.60. The van der Waals surface area contributed by atoms with Crippen molar-refractivity contribution < 1.29 is 14.1 Å². The number of nitriles is 1. The first-order valence-electron chi connectivity index (χ1n) is 6.52. The van der Waals surface area contributed by atoms with Gasteiger partial charge < -0.3 is 15.1 Å². The second-order valence-electron chi connectivity index (χ2n) is 4.35. The van der Waals surface area contributed by atoms with Crippen LogP contribution < -0.4 is 10.6 Å². The van der Waals surface area contributed by atoms with Crippen LogP contribution in [0.4, 0.5) is 11.4 Å². The number of carbonyl (C=O) groups is 1. The fourth-order valence-electron chi connectivity index (χ4n) is 1.73. The summed E-state index contributed by atoms with van der Waals surface area (Å²) in [6, 6.07) is 11.0. The highest BCUT2D eigenvalue weighted by molar-refractivity contribution is 5.97. The lowest BCUT2D eigenvalue weighted by atomic mass is 10.2. The molecule has 2 N–H and O–H groups in total. The molecule has 0 aliphatic carbocycles. The van der Waals surface area contributed by atoms with Crippen LogP contribution in [-0.4, -0.2) is 10.8 Å². The number of hydrogen-bond donors (Lipinski definition) is 2. The smallest absolute Gasteiger partial charge is 0.292 e. The Morgan fingerprint density at radius 1 is 1.35 bits per heavy atom. The van der Waals surface area contributed by atoms with E-state index in [0.29, 0.717) is 5.76 Å². The molecule has 1 aromatic heterocycles. The number of para-hydroxylation sites is 2. The molecule has 1 heterocycles. The van der Waals surface area contributed by atoms with Crippen LogP contribution >= 0.6 is 0 Å². The van der Waals surface area contributed by atoms with E-state index in [4.69, 9.17) is 9.68 Å². The van der Waals surface area contributed by atoms with Gasteiger partial charge in [0.2, 0.25) is 0 Å². The monoisotopic (exact) mass is 312 g/mol. The first-order valence-corrected chi connectivity index (χ1v) is 6.52. The third-order valence-corrected chi connectivity index (χ3v) is 2.84. The van der Waals surface area contributed by atoms with Gasteiger partial charge in [0, 0.05) is 12.3 Å². The predicted molar refractivity (Wildman–Crippen MR) is 81.0 cm³/mol. The summed E-state index contributed by atoms with van der Waals surface area (Å²) in [6.45, 7) is 0.135. The number of hydrogen-bond acceptors (Lipinski definition) is 6. The minimum absolute atomic E-state index is 0.135. The molecule has 0 saturated carbocycles. The summed E-state index contributed by atoms with van der Waals surface area (Å²) in [5.74, 6) is -0.0720. The number of anilines is 1. The molecule has 8 nitrogen and oxygen atoms in total. The van der Waals surface area contributed by atoms with Crippen molar-refractivity contribution in [2.24, 2.45) is 0 Å². The molecule has 23 heavy (non-hydrogen) atoms. The standard InChI is InChI=1S/C15H12N4O4/c16-8-11(15(20)18-10-12-4-3-7-23-12)9-17-13-5-1-2-6-14(13)19(21)22/h1-7,9,17H,10H2,(H,18,20)/b11-9-. The van der Waals surface area contributed by atoms with Crippen molar-refractivity contribution in [3.63, 3.8) is 0 Å². The minimum Gasteiger partial charge on any atom is -0.467 e. The normalized spacial score (nSPS) is 10.7. The van der Waals surface area contributed by atoms with E-state index < -0.39 is 10.8 Å². The zero-order chi connectivity index (χ0) is 16.7. The van der Waals surface area contributed by atoms with Gasteiger partial charge >= 0.3 is 0 Å². The minimum atomic E-state index is -0.616. The summed E-state index contributed by atoms with van der Waals surface area (Å²) in [6.07, 6.45) is 2.60. The van der Waals surface area contributed by atoms with Crippen molar-refractivity contribution in [2.45, 2.75) is 6.54 Å². The van der Waals surface area contributed by atoms with E-state index in [1.165, 1.54) is 24.5 Å². The lowest BCUT2D eigenvalue weighted by molar-refractivity contribution is -0.383. The highest BCUT2D eigenvalue weighted by Gasteiger charge is 2.13. The topological polar surface area (TPSA) is 121 Å². The van der Waals surface area contributed by atoms with Crippen molar-refractivity contribution in [1.29, 1.82) is 5.26 Å². The highest BCUT2D eigenvalue weighted by Crippen LogP contribution is 2.23. The van der Waals surface area contributed by atoms with Gasteiger partial charge in [-0.1, -0.05) is 12.1 Å². The van der Waals surface area contributed by atoms with Gasteiger partial charge in [-0.2, -0.15) is 5.26 Å². The Labute approximate surface area is 131 Å². The van der Waals surface area contributed by atoms with Gasteiger partial charge in [0.25, 0.3) is 11.6 Å². The van der Waals surface area contributed by atoms with Gasteiger partial charge in [0.05, 0.1) is 17.7 Å². The molecule has 0 fully saturated rings. The van der Waals surface area contributed by atoms with Crippen LogP contribution in [0.25, 0.3) is 0 Å². The molecule has 8 heteroatoms. The third kappa shape index (κ3) is 4.18. The summed E-state index contributed by atoms with van der Waals surface area (Å²) in [5.41, 5.74) is -0.184. The average Bonchev–Trinajstić information content (AvgIpc) is 3.07. The average molecular weight is 312 g/mol. The fraction of sp³-hybridized carbons (Fsp3) is 0.0667. The van der Waals surface area contributed by atoms with E-state index in [9.17, 15) is 14.9 Å². The fourth-order valence-corrected chi connectivity index (χ4v) is 1.73. The quantitative estimate of drug-likeness (QED) is 0.365. The molecule has 1 amide bonds. The number of furan rings is 1. The molecule has 0 aliphatic heterocycles. The number of rotatable bonds is 6. The molecule has 0 bridgehead atoms. The molecule has 0 spiro atoms. The molecular formula is C15H12N4O4. The maximum atomic E-state index is 11.9. The first-order chi connectivity index (χ1) is 11.1. The molecule has 0 atom stereocenters. The molecule has 0 radical (unpaired) electrons. The number of nitro groups is 1. The van der Waals surface area contributed by atoms with Gasteiger partial charge in [-0.05, 0) is 18.2 Å². The van der Waals surface area contributed by atoms with E-state index in [1.54, 1.807) is 24.3 Å². The van der Waals surface area contributed by atoms with Crippen LogP contribution in [-0.2, 0) is 11.3 Å². The molecule has 0 aliphatic rings. The summed E-state index contributed by atoms with van der Waals surface area (Å²) in [7, 11) is 0. The van der Waals surface area contributed by atoms with Crippen LogP contribution in [0.15, 0.2) is 58.9 Å². The summed E-state index contributed by atoms with van der Waals surface area (Å²) in [4.78, 5) is 22.2. The Morgan fingerprint density at radius 3 is 2.78 bits per heavy atom. The van der Waals surface area contributed by atoms with Crippen molar-refractivity contribution in [3.8, 4) is 6.07 Å². The molecular weight excluding hydrogens is 300 g/mol. The predicted octanol–water partition coefficient (Wildman–Crippen LogP) is 2.32. The van der Waals surface area contributed by atoms with Crippen molar-refractivity contribution in [3.05, 3.63) is 70.3 Å². The lowest BCUT2D eigenvalue weighted by Crippen LogP contribution is -2.24. The van der Waals surface area contributed by atoms with Crippen LogP contribution in [0, 0.1) is 21.4 Å². The first kappa shape index (κ1) is 15.8. The maximum Gasteiger partial charge on any atom is 0.292 e. The van der Waals surface area contributed by atoms with E-state index >= 15 is 0 Å². The summed E-state index contributed by atoms with van der Waals surface area (Å²) < 4.78 is 5.06. The molecule has 0 unspecified atom stereocenters. The summed E-state index contributed by atoms with van der Waals surface area (Å²) >= 11 is 0. The Kier molecular flexibility index (Phi) is 5.09. The van der Waals surface area contributed by atoms with Crippen LogP contribution in [0.3, 0.4) is 0 Å². The van der Waals surface area contributed by atoms with E-state index in [-0.39, 0.29) is 23.5 Å². The number of benzene rings is 1. The number of nitro benzene ring substituents is 1. The van der Waals surface area contributed by atoms with Crippen molar-refractivity contribution in [1.82, 2.24) is 5.32 Å². The van der Waals surface area contributed by atoms with E-state index in [2.05, 4.69) is 10.6 Å². The largest absolute Gasteiger partial charge is 0.467 e. The Bertz CT molecular complexity index is 775. The summed E-state index contributed by atoms with van der Waals surface area (Å²) in [5, 5.41) is 25.0. The van der Waals surface area contributed by atoms with E-state index in [1.807, 2.05) is 0 Å². The van der Waals surface area contributed by atoms with Crippen LogP contribution in [0.2, 0.25) is 0 Å². The molecule has 1 aromatic carbocycles. The van der Waals surface area contributed by atoms with E-state index in [0.717, 1.165) is 6.20 Å². The SMILES string of the molecule is N#C/C(=C/Nc1ccccc1[N+](=O)[O-])C(=O)NCc1ccco1.